The molecule has 13 aromatic rings. The fourth-order valence-electron chi connectivity index (χ4n) is 9.26. The van der Waals surface area contributed by atoms with E-state index < -0.39 is 0 Å². The number of rotatable bonds is 4. The van der Waals surface area contributed by atoms with E-state index in [2.05, 4.69) is 177 Å². The van der Waals surface area contributed by atoms with E-state index in [1.807, 2.05) is 18.2 Å². The third kappa shape index (κ3) is 4.30. The molecule has 7 heteroatoms. The number of furan rings is 1. The van der Waals surface area contributed by atoms with Crippen molar-refractivity contribution in [3.05, 3.63) is 182 Å². The van der Waals surface area contributed by atoms with Crippen LogP contribution < -0.4 is 0 Å². The van der Waals surface area contributed by atoms with E-state index in [0.29, 0.717) is 17.7 Å². The average molecular weight is 743 g/mol. The van der Waals surface area contributed by atoms with E-state index in [0.717, 1.165) is 98.6 Å². The van der Waals surface area contributed by atoms with Gasteiger partial charge >= 0.3 is 0 Å². The zero-order valence-corrected chi connectivity index (χ0v) is 30.9. The van der Waals surface area contributed by atoms with Crippen molar-refractivity contribution in [3.8, 4) is 29.0 Å². The molecule has 0 atom stereocenters. The molecule has 0 unspecified atom stereocenters. The maximum atomic E-state index is 6.39. The van der Waals surface area contributed by atoms with Crippen LogP contribution in [0, 0.1) is 0 Å². The summed E-state index contributed by atoms with van der Waals surface area (Å²) in [4.78, 5) is 16.2. The Labute approximate surface area is 330 Å². The summed E-state index contributed by atoms with van der Waals surface area (Å²) in [6.45, 7) is 0. The molecule has 0 aliphatic heterocycles. The van der Waals surface area contributed by atoms with Crippen molar-refractivity contribution in [2.75, 3.05) is 0 Å². The Kier molecular flexibility index (Phi) is 6.32. The predicted octanol–water partition coefficient (Wildman–Crippen LogP) is 12.7. The molecule has 13 rings (SSSR count). The van der Waals surface area contributed by atoms with Crippen LogP contribution in [-0.4, -0.2) is 28.7 Å². The Morgan fingerprint density at radius 2 is 0.862 bits per heavy atom. The van der Waals surface area contributed by atoms with Gasteiger partial charge in [-0.25, -0.2) is 0 Å². The number of nitrogens with zero attached hydrogens (tertiary/aromatic N) is 6. The average Bonchev–Trinajstić information content (AvgIpc) is 4.02. The van der Waals surface area contributed by atoms with Gasteiger partial charge in [0.05, 0.1) is 33.1 Å². The third-order valence-corrected chi connectivity index (χ3v) is 11.7. The van der Waals surface area contributed by atoms with Gasteiger partial charge in [0.2, 0.25) is 11.9 Å². The number of benzene rings is 8. The topological polar surface area (TPSA) is 66.6 Å². The van der Waals surface area contributed by atoms with Crippen LogP contribution in [0.4, 0.5) is 0 Å². The number of fused-ring (bicyclic) bond motifs is 13. The van der Waals surface area contributed by atoms with Crippen molar-refractivity contribution in [2.45, 2.75) is 0 Å². The molecule has 0 amide bonds. The standard InChI is InChI=1S/C51H30N6O/c1-2-14-32(15-3-1)55-43-24-12-7-20-39(43)47-44(55)29-28-38-35-18-6-11-23-42(35)57(48(38)47)51-53-49(31-26-27-37-36-19-8-13-25-45(36)58-46(37)30-31)52-50(54-51)56-40-21-9-4-16-33(40)34-17-5-10-22-41(34)56/h1-30H. The molecule has 5 heterocycles. The number of aromatic nitrogens is 6. The first-order valence-corrected chi connectivity index (χ1v) is 19.5. The summed E-state index contributed by atoms with van der Waals surface area (Å²) in [7, 11) is 0. The molecule has 0 fully saturated rings. The van der Waals surface area contributed by atoms with Crippen LogP contribution in [0.3, 0.4) is 0 Å². The smallest absolute Gasteiger partial charge is 0.240 e. The minimum atomic E-state index is 0.529. The Balaban J connectivity index is 1.18. The molecule has 8 aromatic carbocycles. The molecule has 5 aromatic heterocycles. The zero-order chi connectivity index (χ0) is 37.9. The van der Waals surface area contributed by atoms with E-state index in [1.54, 1.807) is 0 Å². The molecule has 0 N–H and O–H groups in total. The van der Waals surface area contributed by atoms with Gasteiger partial charge in [-0.05, 0) is 60.7 Å². The van der Waals surface area contributed by atoms with E-state index in [1.165, 1.54) is 0 Å². The van der Waals surface area contributed by atoms with Gasteiger partial charge in [0, 0.05) is 54.3 Å². The van der Waals surface area contributed by atoms with Gasteiger partial charge in [0.1, 0.15) is 11.2 Å². The van der Waals surface area contributed by atoms with Gasteiger partial charge in [-0.3, -0.25) is 9.13 Å². The second kappa shape index (κ2) is 11.7. The summed E-state index contributed by atoms with van der Waals surface area (Å²) < 4.78 is 13.2. The number of hydrogen-bond acceptors (Lipinski definition) is 4. The van der Waals surface area contributed by atoms with Crippen LogP contribution in [0.1, 0.15) is 0 Å². The normalized spacial score (nSPS) is 12.1. The van der Waals surface area contributed by atoms with Gasteiger partial charge in [0.25, 0.3) is 0 Å². The Morgan fingerprint density at radius 1 is 0.345 bits per heavy atom. The highest BCUT2D eigenvalue weighted by atomic mass is 16.3. The van der Waals surface area contributed by atoms with Gasteiger partial charge in [-0.15, -0.1) is 0 Å². The minimum Gasteiger partial charge on any atom is -0.456 e. The Bertz CT molecular complexity index is 3760. The van der Waals surface area contributed by atoms with Crippen LogP contribution >= 0.6 is 0 Å². The van der Waals surface area contributed by atoms with Crippen molar-refractivity contribution in [3.63, 3.8) is 0 Å². The summed E-state index contributed by atoms with van der Waals surface area (Å²) in [5.74, 6) is 1.61. The molecule has 0 saturated heterocycles. The Hall–Kier alpha value is -8.03. The fourth-order valence-corrected chi connectivity index (χ4v) is 9.26. The molecule has 0 aliphatic rings. The van der Waals surface area contributed by atoms with Crippen molar-refractivity contribution >= 4 is 87.4 Å². The highest BCUT2D eigenvalue weighted by Crippen LogP contribution is 2.42. The van der Waals surface area contributed by atoms with Gasteiger partial charge in [-0.1, -0.05) is 121 Å². The second-order valence-corrected chi connectivity index (χ2v) is 14.8. The molecule has 0 radical (unpaired) electrons. The highest BCUT2D eigenvalue weighted by Gasteiger charge is 2.24. The number of hydrogen-bond donors (Lipinski definition) is 0. The van der Waals surface area contributed by atoms with Crippen LogP contribution in [0.2, 0.25) is 0 Å². The van der Waals surface area contributed by atoms with Gasteiger partial charge in [-0.2, -0.15) is 15.0 Å². The van der Waals surface area contributed by atoms with Gasteiger partial charge in [0.15, 0.2) is 5.82 Å². The van der Waals surface area contributed by atoms with E-state index >= 15 is 0 Å². The lowest BCUT2D eigenvalue weighted by Gasteiger charge is -2.13. The minimum absolute atomic E-state index is 0.529. The van der Waals surface area contributed by atoms with E-state index in [9.17, 15) is 0 Å². The number of para-hydroxylation sites is 6. The van der Waals surface area contributed by atoms with Crippen molar-refractivity contribution in [1.82, 2.24) is 28.7 Å². The fraction of sp³-hybridized carbons (Fsp3) is 0. The molecule has 0 aliphatic carbocycles. The van der Waals surface area contributed by atoms with Crippen LogP contribution in [0.25, 0.3) is 116 Å². The summed E-state index contributed by atoms with van der Waals surface area (Å²) >= 11 is 0. The van der Waals surface area contributed by atoms with Crippen LogP contribution in [-0.2, 0) is 0 Å². The summed E-state index contributed by atoms with van der Waals surface area (Å²) in [5.41, 5.74) is 9.92. The Morgan fingerprint density at radius 3 is 1.57 bits per heavy atom. The van der Waals surface area contributed by atoms with E-state index in [-0.39, 0.29) is 0 Å². The molecule has 270 valence electrons. The molecular weight excluding hydrogens is 713 g/mol. The molecule has 58 heavy (non-hydrogen) atoms. The molecule has 0 bridgehead atoms. The quantitative estimate of drug-likeness (QED) is 0.180. The lowest BCUT2D eigenvalue weighted by atomic mass is 10.1. The molecule has 0 saturated carbocycles. The molecular formula is C51H30N6O. The molecule has 0 spiro atoms. The largest absolute Gasteiger partial charge is 0.456 e. The lowest BCUT2D eigenvalue weighted by Crippen LogP contribution is -2.10. The van der Waals surface area contributed by atoms with E-state index in [4.69, 9.17) is 19.4 Å². The summed E-state index contributed by atoms with van der Waals surface area (Å²) in [6, 6.07) is 63.7. The van der Waals surface area contributed by atoms with Crippen LogP contribution in [0.15, 0.2) is 186 Å². The summed E-state index contributed by atoms with van der Waals surface area (Å²) in [6.07, 6.45) is 0. The predicted molar refractivity (Wildman–Crippen MR) is 236 cm³/mol. The van der Waals surface area contributed by atoms with Crippen molar-refractivity contribution in [2.24, 2.45) is 0 Å². The highest BCUT2D eigenvalue weighted by molar-refractivity contribution is 6.26. The van der Waals surface area contributed by atoms with Crippen molar-refractivity contribution in [1.29, 1.82) is 0 Å². The first-order valence-electron chi connectivity index (χ1n) is 19.5. The monoisotopic (exact) mass is 742 g/mol. The maximum absolute atomic E-state index is 6.39. The first kappa shape index (κ1) is 31.2. The maximum Gasteiger partial charge on any atom is 0.240 e. The zero-order valence-electron chi connectivity index (χ0n) is 30.9. The second-order valence-electron chi connectivity index (χ2n) is 14.8. The van der Waals surface area contributed by atoms with Crippen LogP contribution in [0.5, 0.6) is 0 Å². The lowest BCUT2D eigenvalue weighted by molar-refractivity contribution is 0.669. The summed E-state index contributed by atoms with van der Waals surface area (Å²) in [5, 5.41) is 8.95. The first-order chi connectivity index (χ1) is 28.8. The van der Waals surface area contributed by atoms with Gasteiger partial charge < -0.3 is 8.98 Å². The SMILES string of the molecule is c1ccc(-n2c3ccccc3c3c2ccc2c4ccccc4n(-c4nc(-c5ccc6c(c5)oc5ccccc56)nc(-n5c6ccccc6c6ccccc65)n4)c23)cc1. The molecule has 7 nitrogen and oxygen atoms in total. The third-order valence-electron chi connectivity index (χ3n) is 11.7. The van der Waals surface area contributed by atoms with Crippen molar-refractivity contribution < 1.29 is 4.42 Å².